The first-order valence-electron chi connectivity index (χ1n) is 6.11. The lowest BCUT2D eigenvalue weighted by Crippen LogP contribution is -1.96. The van der Waals surface area contributed by atoms with Crippen LogP contribution in [0.4, 0.5) is 0 Å². The number of aromatic nitrogens is 2. The van der Waals surface area contributed by atoms with E-state index >= 15 is 0 Å². The van der Waals surface area contributed by atoms with Crippen LogP contribution in [0, 0.1) is 6.92 Å². The molecule has 0 N–H and O–H groups in total. The Balaban J connectivity index is 2.03. The van der Waals surface area contributed by atoms with E-state index in [2.05, 4.69) is 24.2 Å². The maximum atomic E-state index is 6.02. The molecule has 0 aliphatic heterocycles. The summed E-state index contributed by atoms with van der Waals surface area (Å²) in [5, 5.41) is 5.16. The molecule has 0 aliphatic carbocycles. The highest BCUT2D eigenvalue weighted by Crippen LogP contribution is 2.23. The van der Waals surface area contributed by atoms with Gasteiger partial charge in [-0.25, -0.2) is 4.68 Å². The zero-order chi connectivity index (χ0) is 13.2. The third-order valence-corrected chi connectivity index (χ3v) is 3.34. The average molecular weight is 269 g/mol. The van der Waals surface area contributed by atoms with Gasteiger partial charge in [-0.1, -0.05) is 41.9 Å². The topological polar surface area (TPSA) is 17.8 Å². The lowest BCUT2D eigenvalue weighted by atomic mass is 10.1. The molecule has 94 valence electrons. The van der Waals surface area contributed by atoms with Crippen molar-refractivity contribution in [3.8, 4) is 16.8 Å². The molecule has 0 saturated carbocycles. The van der Waals surface area contributed by atoms with Crippen LogP contribution < -0.4 is 0 Å². The van der Waals surface area contributed by atoms with Gasteiger partial charge in [0.15, 0.2) is 0 Å². The number of hydrogen-bond donors (Lipinski definition) is 0. The molecule has 1 heterocycles. The van der Waals surface area contributed by atoms with E-state index in [0.717, 1.165) is 21.8 Å². The van der Waals surface area contributed by atoms with Crippen molar-refractivity contribution in [1.29, 1.82) is 0 Å². The Morgan fingerprint density at radius 3 is 2.63 bits per heavy atom. The lowest BCUT2D eigenvalue weighted by molar-refractivity contribution is 0.873. The van der Waals surface area contributed by atoms with Crippen molar-refractivity contribution >= 4 is 11.6 Å². The minimum atomic E-state index is 0.737. The normalized spacial score (nSPS) is 10.6. The van der Waals surface area contributed by atoms with E-state index in [0.29, 0.717) is 0 Å². The van der Waals surface area contributed by atoms with Crippen molar-refractivity contribution in [3.63, 3.8) is 0 Å². The number of benzene rings is 2. The van der Waals surface area contributed by atoms with Crippen molar-refractivity contribution < 1.29 is 0 Å². The van der Waals surface area contributed by atoms with Crippen molar-refractivity contribution in [2.75, 3.05) is 0 Å². The second-order valence-electron chi connectivity index (χ2n) is 4.47. The van der Waals surface area contributed by atoms with E-state index in [1.807, 2.05) is 53.5 Å². The van der Waals surface area contributed by atoms with Gasteiger partial charge < -0.3 is 0 Å². The highest BCUT2D eigenvalue weighted by molar-refractivity contribution is 6.30. The molecular weight excluding hydrogens is 256 g/mol. The van der Waals surface area contributed by atoms with E-state index in [9.17, 15) is 0 Å². The maximum absolute atomic E-state index is 6.02. The van der Waals surface area contributed by atoms with E-state index in [-0.39, 0.29) is 0 Å². The molecule has 0 aliphatic rings. The number of para-hydroxylation sites is 1. The maximum Gasteiger partial charge on any atom is 0.0674 e. The van der Waals surface area contributed by atoms with Crippen LogP contribution >= 0.6 is 11.6 Å². The molecule has 1 aromatic heterocycles. The molecule has 0 fully saturated rings. The van der Waals surface area contributed by atoms with E-state index < -0.39 is 0 Å². The summed E-state index contributed by atoms with van der Waals surface area (Å²) in [4.78, 5) is 0. The smallest absolute Gasteiger partial charge is 0.0674 e. The summed E-state index contributed by atoms with van der Waals surface area (Å²) in [5.41, 5.74) is 4.43. The Bertz CT molecular complexity index is 716. The molecule has 0 unspecified atom stereocenters. The first-order valence-corrected chi connectivity index (χ1v) is 6.48. The first-order chi connectivity index (χ1) is 9.24. The summed E-state index contributed by atoms with van der Waals surface area (Å²) in [6.45, 7) is 2.08. The Morgan fingerprint density at radius 1 is 1.00 bits per heavy atom. The number of nitrogens with zero attached hydrogens (tertiary/aromatic N) is 2. The van der Waals surface area contributed by atoms with Gasteiger partial charge in [0.25, 0.3) is 0 Å². The molecular formula is C16H13ClN2. The first kappa shape index (κ1) is 12.0. The highest BCUT2D eigenvalue weighted by Gasteiger charge is 2.05. The Morgan fingerprint density at radius 2 is 1.84 bits per heavy atom. The Hall–Kier alpha value is -2.06. The molecule has 3 heteroatoms. The fourth-order valence-corrected chi connectivity index (χ4v) is 2.28. The summed E-state index contributed by atoms with van der Waals surface area (Å²) in [7, 11) is 0. The predicted octanol–water partition coefficient (Wildman–Crippen LogP) is 4.50. The average Bonchev–Trinajstić information content (AvgIpc) is 2.89. The van der Waals surface area contributed by atoms with Crippen LogP contribution in [0.25, 0.3) is 16.8 Å². The van der Waals surface area contributed by atoms with Gasteiger partial charge in [-0.3, -0.25) is 0 Å². The zero-order valence-corrected chi connectivity index (χ0v) is 11.3. The van der Waals surface area contributed by atoms with Gasteiger partial charge in [-0.05, 0) is 36.2 Å². The molecule has 0 atom stereocenters. The van der Waals surface area contributed by atoms with Crippen molar-refractivity contribution in [1.82, 2.24) is 9.78 Å². The number of rotatable bonds is 2. The Labute approximate surface area is 117 Å². The minimum Gasteiger partial charge on any atom is -0.240 e. The third-order valence-electron chi connectivity index (χ3n) is 3.10. The van der Waals surface area contributed by atoms with Crippen molar-refractivity contribution in [3.05, 3.63) is 71.5 Å². The fourth-order valence-electron chi connectivity index (χ4n) is 2.09. The standard InChI is InChI=1S/C16H13ClN2/c1-12-5-2-3-8-16(12)19-11-14(10-18-19)13-6-4-7-15(17)9-13/h2-11H,1H3. The van der Waals surface area contributed by atoms with E-state index in [1.54, 1.807) is 0 Å². The largest absolute Gasteiger partial charge is 0.240 e. The van der Waals surface area contributed by atoms with Gasteiger partial charge in [0.05, 0.1) is 11.9 Å². The fraction of sp³-hybridized carbons (Fsp3) is 0.0625. The molecule has 2 aromatic carbocycles. The molecule has 0 spiro atoms. The minimum absolute atomic E-state index is 0.737. The van der Waals surface area contributed by atoms with Crippen LogP contribution in [0.1, 0.15) is 5.56 Å². The third kappa shape index (κ3) is 2.40. The quantitative estimate of drug-likeness (QED) is 0.669. The molecule has 0 bridgehead atoms. The summed E-state index contributed by atoms with van der Waals surface area (Å²) < 4.78 is 1.89. The molecule has 3 rings (SSSR count). The number of aryl methyl sites for hydroxylation is 1. The summed E-state index contributed by atoms with van der Waals surface area (Å²) in [6.07, 6.45) is 3.88. The number of hydrogen-bond acceptors (Lipinski definition) is 1. The molecule has 19 heavy (non-hydrogen) atoms. The molecule has 2 nitrogen and oxygen atoms in total. The van der Waals surface area contributed by atoms with Gasteiger partial charge in [0, 0.05) is 16.8 Å². The molecule has 0 amide bonds. The van der Waals surface area contributed by atoms with Crippen LogP contribution in [0.5, 0.6) is 0 Å². The van der Waals surface area contributed by atoms with Crippen molar-refractivity contribution in [2.24, 2.45) is 0 Å². The predicted molar refractivity (Wildman–Crippen MR) is 78.7 cm³/mol. The van der Waals surface area contributed by atoms with Gasteiger partial charge in [0.2, 0.25) is 0 Å². The van der Waals surface area contributed by atoms with Crippen LogP contribution in [-0.2, 0) is 0 Å². The van der Waals surface area contributed by atoms with Crippen LogP contribution in [0.15, 0.2) is 60.9 Å². The second-order valence-corrected chi connectivity index (χ2v) is 4.91. The second kappa shape index (κ2) is 4.90. The summed E-state index contributed by atoms with van der Waals surface area (Å²) in [6, 6.07) is 16.0. The number of halogens is 1. The van der Waals surface area contributed by atoms with Gasteiger partial charge >= 0.3 is 0 Å². The molecule has 0 radical (unpaired) electrons. The van der Waals surface area contributed by atoms with Crippen LogP contribution in [-0.4, -0.2) is 9.78 Å². The Kier molecular flexibility index (Phi) is 3.10. The molecule has 3 aromatic rings. The SMILES string of the molecule is Cc1ccccc1-n1cc(-c2cccc(Cl)c2)cn1. The summed E-state index contributed by atoms with van der Waals surface area (Å²) >= 11 is 6.02. The van der Waals surface area contributed by atoms with E-state index in [1.165, 1.54) is 5.56 Å². The van der Waals surface area contributed by atoms with E-state index in [4.69, 9.17) is 11.6 Å². The summed E-state index contributed by atoms with van der Waals surface area (Å²) in [5.74, 6) is 0. The van der Waals surface area contributed by atoms with Crippen LogP contribution in [0.3, 0.4) is 0 Å². The highest BCUT2D eigenvalue weighted by atomic mass is 35.5. The van der Waals surface area contributed by atoms with Gasteiger partial charge in [0.1, 0.15) is 0 Å². The zero-order valence-electron chi connectivity index (χ0n) is 10.5. The van der Waals surface area contributed by atoms with Crippen molar-refractivity contribution in [2.45, 2.75) is 6.92 Å². The van der Waals surface area contributed by atoms with Gasteiger partial charge in [-0.15, -0.1) is 0 Å². The molecule has 0 saturated heterocycles. The van der Waals surface area contributed by atoms with Crippen LogP contribution in [0.2, 0.25) is 5.02 Å². The lowest BCUT2D eigenvalue weighted by Gasteiger charge is -2.04. The van der Waals surface area contributed by atoms with Gasteiger partial charge in [-0.2, -0.15) is 5.10 Å². The monoisotopic (exact) mass is 268 g/mol.